The monoisotopic (exact) mass is 248 g/mol. The molecule has 0 aliphatic heterocycles. The molecule has 0 bridgehead atoms. The summed E-state index contributed by atoms with van der Waals surface area (Å²) in [5.74, 6) is 2.13. The Hall–Kier alpha value is -2.11. The third kappa shape index (κ3) is 2.97. The van der Waals surface area contributed by atoms with E-state index in [-0.39, 0.29) is 11.7 Å². The molecule has 2 rings (SSSR count). The summed E-state index contributed by atoms with van der Waals surface area (Å²) < 4.78 is 5.35. The number of hydrogen-bond donors (Lipinski definition) is 2. The Balaban J connectivity index is 1.90. The van der Waals surface area contributed by atoms with Crippen molar-refractivity contribution in [2.24, 2.45) is 0 Å². The number of carbonyl (C=O) groups excluding carboxylic acids is 1. The predicted molar refractivity (Wildman–Crippen MR) is 65.0 cm³/mol. The molecule has 2 N–H and O–H groups in total. The van der Waals surface area contributed by atoms with Crippen LogP contribution in [0.25, 0.3) is 0 Å². The molecular formula is C12H16N4O2. The lowest BCUT2D eigenvalue weighted by molar-refractivity contribution is 0.0938. The Morgan fingerprint density at radius 3 is 3.00 bits per heavy atom. The number of furan rings is 1. The molecule has 18 heavy (non-hydrogen) atoms. The SMILES string of the molecule is CCCc1nc(C(=O)NCc2ccc(C)o2)n[nH]1. The maximum Gasteiger partial charge on any atom is 0.291 e. The highest BCUT2D eigenvalue weighted by Gasteiger charge is 2.12. The third-order valence-electron chi connectivity index (χ3n) is 2.44. The Morgan fingerprint density at radius 1 is 1.50 bits per heavy atom. The second kappa shape index (κ2) is 5.48. The Kier molecular flexibility index (Phi) is 3.76. The summed E-state index contributed by atoms with van der Waals surface area (Å²) in [5.41, 5.74) is 0. The van der Waals surface area contributed by atoms with Crippen molar-refractivity contribution in [3.63, 3.8) is 0 Å². The number of aromatic amines is 1. The summed E-state index contributed by atoms with van der Waals surface area (Å²) >= 11 is 0. The molecule has 0 radical (unpaired) electrons. The van der Waals surface area contributed by atoms with E-state index in [2.05, 4.69) is 20.5 Å². The van der Waals surface area contributed by atoms with E-state index in [1.807, 2.05) is 26.0 Å². The zero-order valence-corrected chi connectivity index (χ0v) is 10.5. The van der Waals surface area contributed by atoms with Crippen LogP contribution in [0.3, 0.4) is 0 Å². The molecule has 6 heteroatoms. The fourth-order valence-electron chi connectivity index (χ4n) is 1.57. The van der Waals surface area contributed by atoms with Gasteiger partial charge in [0.15, 0.2) is 0 Å². The van der Waals surface area contributed by atoms with Gasteiger partial charge in [-0.3, -0.25) is 9.89 Å². The number of H-pyrrole nitrogens is 1. The van der Waals surface area contributed by atoms with E-state index in [0.29, 0.717) is 12.3 Å². The van der Waals surface area contributed by atoms with Crippen LogP contribution in [-0.2, 0) is 13.0 Å². The van der Waals surface area contributed by atoms with E-state index in [1.165, 1.54) is 0 Å². The van der Waals surface area contributed by atoms with Gasteiger partial charge < -0.3 is 9.73 Å². The van der Waals surface area contributed by atoms with Crippen molar-refractivity contribution in [2.75, 3.05) is 0 Å². The molecule has 0 saturated heterocycles. The topological polar surface area (TPSA) is 83.8 Å². The smallest absolute Gasteiger partial charge is 0.291 e. The van der Waals surface area contributed by atoms with E-state index in [4.69, 9.17) is 4.42 Å². The van der Waals surface area contributed by atoms with Crippen LogP contribution in [0.4, 0.5) is 0 Å². The number of aryl methyl sites for hydroxylation is 2. The van der Waals surface area contributed by atoms with Crippen molar-refractivity contribution in [3.8, 4) is 0 Å². The first-order chi connectivity index (χ1) is 8.69. The molecular weight excluding hydrogens is 232 g/mol. The third-order valence-corrected chi connectivity index (χ3v) is 2.44. The van der Waals surface area contributed by atoms with Crippen molar-refractivity contribution in [3.05, 3.63) is 35.3 Å². The van der Waals surface area contributed by atoms with Gasteiger partial charge in [0.2, 0.25) is 5.82 Å². The first kappa shape index (κ1) is 12.3. The molecule has 0 atom stereocenters. The molecule has 96 valence electrons. The molecule has 1 amide bonds. The van der Waals surface area contributed by atoms with Gasteiger partial charge in [-0.15, -0.1) is 5.10 Å². The number of nitrogens with one attached hydrogen (secondary N) is 2. The maximum atomic E-state index is 11.7. The molecule has 0 aliphatic carbocycles. The van der Waals surface area contributed by atoms with Gasteiger partial charge >= 0.3 is 0 Å². The van der Waals surface area contributed by atoms with Crippen LogP contribution < -0.4 is 5.32 Å². The number of rotatable bonds is 5. The summed E-state index contributed by atoms with van der Waals surface area (Å²) in [7, 11) is 0. The number of hydrogen-bond acceptors (Lipinski definition) is 4. The van der Waals surface area contributed by atoms with Crippen molar-refractivity contribution in [1.29, 1.82) is 0 Å². The highest BCUT2D eigenvalue weighted by Crippen LogP contribution is 2.05. The molecule has 2 aromatic heterocycles. The average molecular weight is 248 g/mol. The molecule has 6 nitrogen and oxygen atoms in total. The highest BCUT2D eigenvalue weighted by molar-refractivity contribution is 5.90. The van der Waals surface area contributed by atoms with Crippen molar-refractivity contribution >= 4 is 5.91 Å². The molecule has 0 aromatic carbocycles. The van der Waals surface area contributed by atoms with Gasteiger partial charge in [0, 0.05) is 6.42 Å². The predicted octanol–water partition coefficient (Wildman–Crippen LogP) is 1.59. The van der Waals surface area contributed by atoms with Gasteiger partial charge in [-0.05, 0) is 25.5 Å². The fraction of sp³-hybridized carbons (Fsp3) is 0.417. The van der Waals surface area contributed by atoms with Gasteiger partial charge in [0.1, 0.15) is 17.3 Å². The minimum atomic E-state index is -0.303. The first-order valence-corrected chi connectivity index (χ1v) is 5.94. The number of amides is 1. The molecule has 0 fully saturated rings. The quantitative estimate of drug-likeness (QED) is 0.841. The summed E-state index contributed by atoms with van der Waals surface area (Å²) in [6, 6.07) is 3.68. The van der Waals surface area contributed by atoms with Crippen LogP contribution >= 0.6 is 0 Å². The summed E-state index contributed by atoms with van der Waals surface area (Å²) in [4.78, 5) is 15.9. The number of nitrogens with zero attached hydrogens (tertiary/aromatic N) is 2. The lowest BCUT2D eigenvalue weighted by atomic mass is 10.3. The van der Waals surface area contributed by atoms with Crippen LogP contribution in [0.1, 0.15) is 41.3 Å². The minimum Gasteiger partial charge on any atom is -0.465 e. The average Bonchev–Trinajstić information content (AvgIpc) is 2.96. The molecule has 0 aliphatic rings. The van der Waals surface area contributed by atoms with Crippen LogP contribution in [0.2, 0.25) is 0 Å². The van der Waals surface area contributed by atoms with Gasteiger partial charge in [-0.2, -0.15) is 0 Å². The lowest BCUT2D eigenvalue weighted by Gasteiger charge is -1.98. The van der Waals surface area contributed by atoms with E-state index >= 15 is 0 Å². The lowest BCUT2D eigenvalue weighted by Crippen LogP contribution is -2.23. The summed E-state index contributed by atoms with van der Waals surface area (Å²) in [6.45, 7) is 4.24. The normalized spacial score (nSPS) is 10.6. The first-order valence-electron chi connectivity index (χ1n) is 5.94. The second-order valence-corrected chi connectivity index (χ2v) is 4.05. The van der Waals surface area contributed by atoms with Crippen molar-refractivity contribution in [2.45, 2.75) is 33.2 Å². The number of carbonyl (C=O) groups is 1. The van der Waals surface area contributed by atoms with Crippen LogP contribution in [0.5, 0.6) is 0 Å². The van der Waals surface area contributed by atoms with Gasteiger partial charge in [-0.1, -0.05) is 6.92 Å². The van der Waals surface area contributed by atoms with E-state index in [1.54, 1.807) is 0 Å². The fourth-order valence-corrected chi connectivity index (χ4v) is 1.57. The van der Waals surface area contributed by atoms with Crippen molar-refractivity contribution in [1.82, 2.24) is 20.5 Å². The Morgan fingerprint density at radius 2 is 2.33 bits per heavy atom. The molecule has 0 spiro atoms. The summed E-state index contributed by atoms with van der Waals surface area (Å²) in [6.07, 6.45) is 1.75. The van der Waals surface area contributed by atoms with Gasteiger partial charge in [0.25, 0.3) is 5.91 Å². The van der Waals surface area contributed by atoms with E-state index in [0.717, 1.165) is 24.4 Å². The molecule has 2 heterocycles. The van der Waals surface area contributed by atoms with Gasteiger partial charge in [-0.25, -0.2) is 4.98 Å². The largest absolute Gasteiger partial charge is 0.465 e. The zero-order valence-electron chi connectivity index (χ0n) is 10.5. The number of aromatic nitrogens is 3. The Bertz CT molecular complexity index is 530. The molecule has 2 aromatic rings. The zero-order chi connectivity index (χ0) is 13.0. The van der Waals surface area contributed by atoms with Crippen LogP contribution in [0.15, 0.2) is 16.5 Å². The maximum absolute atomic E-state index is 11.7. The second-order valence-electron chi connectivity index (χ2n) is 4.05. The van der Waals surface area contributed by atoms with Crippen LogP contribution in [-0.4, -0.2) is 21.1 Å². The van der Waals surface area contributed by atoms with E-state index in [9.17, 15) is 4.79 Å². The van der Waals surface area contributed by atoms with Crippen LogP contribution in [0, 0.1) is 6.92 Å². The summed E-state index contributed by atoms with van der Waals surface area (Å²) in [5, 5.41) is 9.32. The standard InChI is InChI=1S/C12H16N4O2/c1-3-4-10-14-11(16-15-10)12(17)13-7-9-6-5-8(2)18-9/h5-6H,3-4,7H2,1-2H3,(H,13,17)(H,14,15,16). The van der Waals surface area contributed by atoms with Crippen molar-refractivity contribution < 1.29 is 9.21 Å². The van der Waals surface area contributed by atoms with E-state index < -0.39 is 0 Å². The Labute approximate surface area is 105 Å². The van der Waals surface area contributed by atoms with Gasteiger partial charge in [0.05, 0.1) is 6.54 Å². The molecule has 0 unspecified atom stereocenters. The molecule has 0 saturated carbocycles. The minimum absolute atomic E-state index is 0.168. The highest BCUT2D eigenvalue weighted by atomic mass is 16.3.